The van der Waals surface area contributed by atoms with E-state index in [0.29, 0.717) is 43.3 Å². The van der Waals surface area contributed by atoms with Gasteiger partial charge in [0, 0.05) is 42.5 Å². The Labute approximate surface area is 204 Å². The summed E-state index contributed by atoms with van der Waals surface area (Å²) in [6.45, 7) is 5.31. The van der Waals surface area contributed by atoms with Gasteiger partial charge in [-0.1, -0.05) is 38.0 Å². The molecule has 9 nitrogen and oxygen atoms in total. The number of benzene rings is 1. The molecule has 0 spiro atoms. The van der Waals surface area contributed by atoms with Crippen LogP contribution < -0.4 is 10.6 Å². The summed E-state index contributed by atoms with van der Waals surface area (Å²) in [4.78, 5) is 32.7. The van der Waals surface area contributed by atoms with Crippen molar-refractivity contribution in [1.29, 1.82) is 0 Å². The zero-order chi connectivity index (χ0) is 24.3. The number of anilines is 1. The van der Waals surface area contributed by atoms with Gasteiger partial charge < -0.3 is 10.2 Å². The fraction of sp³-hybridized carbons (Fsp3) is 0.522. The number of sulfonamides is 1. The Bertz CT molecular complexity index is 1140. The minimum absolute atomic E-state index is 0.153. The highest BCUT2D eigenvalue weighted by molar-refractivity contribution is 7.89. The largest absolute Gasteiger partial charge is 0.335 e. The number of fused-ring (bicyclic) bond motifs is 1. The van der Waals surface area contributed by atoms with Gasteiger partial charge in [-0.05, 0) is 37.1 Å². The summed E-state index contributed by atoms with van der Waals surface area (Å²) in [5, 5.41) is 6.37. The van der Waals surface area contributed by atoms with Crippen LogP contribution in [-0.2, 0) is 23.0 Å². The number of carbonyl (C=O) groups excluding carboxylic acids is 2. The zero-order valence-electron chi connectivity index (χ0n) is 19.5. The molecule has 184 valence electrons. The van der Waals surface area contributed by atoms with Crippen LogP contribution in [0.25, 0.3) is 0 Å². The molecule has 0 bridgehead atoms. The van der Waals surface area contributed by atoms with Crippen molar-refractivity contribution in [3.63, 3.8) is 0 Å². The molecule has 0 saturated heterocycles. The van der Waals surface area contributed by atoms with E-state index in [9.17, 15) is 18.0 Å². The van der Waals surface area contributed by atoms with E-state index in [-0.39, 0.29) is 22.9 Å². The minimum Gasteiger partial charge on any atom is -0.335 e. The third-order valence-corrected chi connectivity index (χ3v) is 9.44. The molecule has 2 heterocycles. The first-order valence-electron chi connectivity index (χ1n) is 11.8. The highest BCUT2D eigenvalue weighted by Gasteiger charge is 2.27. The van der Waals surface area contributed by atoms with Gasteiger partial charge in [0.1, 0.15) is 0 Å². The van der Waals surface area contributed by atoms with Gasteiger partial charge in [0.05, 0.1) is 17.1 Å². The van der Waals surface area contributed by atoms with Crippen molar-refractivity contribution in [2.24, 2.45) is 0 Å². The lowest BCUT2D eigenvalue weighted by atomic mass is 10.1. The Hall–Kier alpha value is -2.50. The quantitative estimate of drug-likeness (QED) is 0.599. The number of thiazole rings is 1. The van der Waals surface area contributed by atoms with Gasteiger partial charge in [-0.3, -0.25) is 10.1 Å². The van der Waals surface area contributed by atoms with Crippen LogP contribution in [0.4, 0.5) is 9.93 Å². The Kier molecular flexibility index (Phi) is 7.54. The molecule has 1 saturated carbocycles. The molecular weight excluding hydrogens is 474 g/mol. The van der Waals surface area contributed by atoms with E-state index in [2.05, 4.69) is 15.6 Å². The molecule has 1 aliphatic heterocycles. The van der Waals surface area contributed by atoms with Crippen molar-refractivity contribution in [3.05, 3.63) is 40.4 Å². The molecule has 1 aromatic carbocycles. The minimum atomic E-state index is -3.56. The number of nitrogens with zero attached hydrogens (tertiary/aromatic N) is 3. The Morgan fingerprint density at radius 2 is 1.82 bits per heavy atom. The van der Waals surface area contributed by atoms with Crippen molar-refractivity contribution in [2.45, 2.75) is 63.4 Å². The van der Waals surface area contributed by atoms with Crippen molar-refractivity contribution in [3.8, 4) is 0 Å². The van der Waals surface area contributed by atoms with E-state index in [1.54, 1.807) is 30.9 Å². The summed E-state index contributed by atoms with van der Waals surface area (Å²) in [5.41, 5.74) is 1.35. The standard InChI is InChI=1S/C23H31N5O4S2/c1-3-28(4-2)34(31,32)18-11-9-16(10-12-18)21(29)27-14-13-19-20(15-27)33-23(25-19)26-22(30)24-17-7-5-6-8-17/h9-12,17H,3-8,13-15H2,1-2H3,(H2,24,25,26,30). The van der Waals surface area contributed by atoms with Gasteiger partial charge in [-0.25, -0.2) is 18.2 Å². The Morgan fingerprint density at radius 3 is 2.47 bits per heavy atom. The van der Waals surface area contributed by atoms with Gasteiger partial charge in [0.15, 0.2) is 5.13 Å². The molecular formula is C23H31N5O4S2. The second-order valence-electron chi connectivity index (χ2n) is 8.56. The van der Waals surface area contributed by atoms with Crippen molar-refractivity contribution >= 4 is 38.4 Å². The normalized spacial score (nSPS) is 16.5. The van der Waals surface area contributed by atoms with E-state index >= 15 is 0 Å². The number of urea groups is 1. The van der Waals surface area contributed by atoms with Crippen molar-refractivity contribution in [2.75, 3.05) is 25.0 Å². The van der Waals surface area contributed by atoms with E-state index in [1.165, 1.54) is 27.8 Å². The smallest absolute Gasteiger partial charge is 0.321 e. The van der Waals surface area contributed by atoms with Crippen LogP contribution in [0.2, 0.25) is 0 Å². The van der Waals surface area contributed by atoms with Crippen LogP contribution in [0.1, 0.15) is 60.5 Å². The molecule has 2 aromatic rings. The average Bonchev–Trinajstić information content (AvgIpc) is 3.47. The molecule has 1 fully saturated rings. The number of hydrogen-bond donors (Lipinski definition) is 2. The number of amides is 3. The summed E-state index contributed by atoms with van der Waals surface area (Å²) in [6.07, 6.45) is 4.93. The fourth-order valence-electron chi connectivity index (χ4n) is 4.48. The van der Waals surface area contributed by atoms with Gasteiger partial charge in [-0.15, -0.1) is 0 Å². The average molecular weight is 506 g/mol. The third-order valence-electron chi connectivity index (χ3n) is 6.37. The van der Waals surface area contributed by atoms with Gasteiger partial charge in [0.2, 0.25) is 10.0 Å². The van der Waals surface area contributed by atoms with Gasteiger partial charge in [-0.2, -0.15) is 4.31 Å². The number of aromatic nitrogens is 1. The molecule has 0 unspecified atom stereocenters. The molecule has 0 radical (unpaired) electrons. The summed E-state index contributed by atoms with van der Waals surface area (Å²) < 4.78 is 26.7. The van der Waals surface area contributed by atoms with E-state index in [1.807, 2.05) is 0 Å². The van der Waals surface area contributed by atoms with Crippen LogP contribution in [0, 0.1) is 0 Å². The van der Waals surface area contributed by atoms with Crippen LogP contribution >= 0.6 is 11.3 Å². The first kappa shape index (κ1) is 24.6. The van der Waals surface area contributed by atoms with Crippen LogP contribution in [0.5, 0.6) is 0 Å². The highest BCUT2D eigenvalue weighted by atomic mass is 32.2. The first-order chi connectivity index (χ1) is 16.3. The SMILES string of the molecule is CCN(CC)S(=O)(=O)c1ccc(C(=O)N2CCc3nc(NC(=O)NC4CCCC4)sc3C2)cc1. The monoisotopic (exact) mass is 505 g/mol. The lowest BCUT2D eigenvalue weighted by Gasteiger charge is -2.26. The molecule has 34 heavy (non-hydrogen) atoms. The lowest BCUT2D eigenvalue weighted by molar-refractivity contribution is 0.0736. The number of carbonyl (C=O) groups is 2. The summed E-state index contributed by atoms with van der Waals surface area (Å²) >= 11 is 1.39. The molecule has 2 N–H and O–H groups in total. The predicted octanol–water partition coefficient (Wildman–Crippen LogP) is 3.44. The number of hydrogen-bond acceptors (Lipinski definition) is 6. The topological polar surface area (TPSA) is 112 Å². The number of rotatable bonds is 7. The summed E-state index contributed by atoms with van der Waals surface area (Å²) in [7, 11) is -3.56. The molecule has 3 amide bonds. The predicted molar refractivity (Wildman–Crippen MR) is 132 cm³/mol. The summed E-state index contributed by atoms with van der Waals surface area (Å²) in [6, 6.07) is 6.13. The maximum absolute atomic E-state index is 13.1. The molecule has 11 heteroatoms. The fourth-order valence-corrected chi connectivity index (χ4v) is 6.95. The van der Waals surface area contributed by atoms with E-state index in [0.717, 1.165) is 36.3 Å². The first-order valence-corrected chi connectivity index (χ1v) is 14.0. The van der Waals surface area contributed by atoms with Gasteiger partial charge in [0.25, 0.3) is 5.91 Å². The molecule has 1 aliphatic carbocycles. The van der Waals surface area contributed by atoms with Gasteiger partial charge >= 0.3 is 6.03 Å². The Morgan fingerprint density at radius 1 is 1.15 bits per heavy atom. The van der Waals surface area contributed by atoms with Crippen molar-refractivity contribution in [1.82, 2.24) is 19.5 Å². The maximum Gasteiger partial charge on any atom is 0.321 e. The van der Waals surface area contributed by atoms with Crippen molar-refractivity contribution < 1.29 is 18.0 Å². The number of nitrogens with one attached hydrogen (secondary N) is 2. The highest BCUT2D eigenvalue weighted by Crippen LogP contribution is 2.29. The van der Waals surface area contributed by atoms with E-state index in [4.69, 9.17) is 0 Å². The molecule has 2 aliphatic rings. The summed E-state index contributed by atoms with van der Waals surface area (Å²) in [5.74, 6) is -0.153. The van der Waals surface area contributed by atoms with Crippen LogP contribution in [0.3, 0.4) is 0 Å². The molecule has 4 rings (SSSR count). The lowest BCUT2D eigenvalue weighted by Crippen LogP contribution is -2.36. The molecule has 0 atom stereocenters. The third kappa shape index (κ3) is 5.26. The van der Waals surface area contributed by atoms with Crippen LogP contribution in [0.15, 0.2) is 29.2 Å². The maximum atomic E-state index is 13.1. The Balaban J connectivity index is 1.39. The van der Waals surface area contributed by atoms with Crippen LogP contribution in [-0.4, -0.2) is 60.2 Å². The molecule has 1 aromatic heterocycles. The van der Waals surface area contributed by atoms with E-state index < -0.39 is 10.0 Å². The zero-order valence-corrected chi connectivity index (χ0v) is 21.2. The second-order valence-corrected chi connectivity index (χ2v) is 11.6. The second kappa shape index (κ2) is 10.4.